The van der Waals surface area contributed by atoms with E-state index in [1.54, 1.807) is 6.33 Å². The monoisotopic (exact) mass is 276 g/mol. The highest BCUT2D eigenvalue weighted by atomic mass is 32.2. The largest absolute Gasteiger partial charge is 0.326 e. The van der Waals surface area contributed by atoms with Crippen LogP contribution in [0.5, 0.6) is 0 Å². The number of nitrogens with zero attached hydrogens (tertiary/aromatic N) is 3. The van der Waals surface area contributed by atoms with E-state index in [0.29, 0.717) is 6.42 Å². The minimum atomic E-state index is 0.0520. The Morgan fingerprint density at radius 2 is 2.11 bits per heavy atom. The number of rotatable bonds is 5. The van der Waals surface area contributed by atoms with E-state index in [-0.39, 0.29) is 5.91 Å². The Labute approximate surface area is 116 Å². The van der Waals surface area contributed by atoms with Gasteiger partial charge in [0.05, 0.1) is 0 Å². The first-order valence-corrected chi connectivity index (χ1v) is 6.92. The minimum absolute atomic E-state index is 0.0520. The lowest BCUT2D eigenvalue weighted by Gasteiger charge is -2.05. The highest BCUT2D eigenvalue weighted by molar-refractivity contribution is 7.99. The van der Waals surface area contributed by atoms with Gasteiger partial charge in [-0.3, -0.25) is 4.79 Å². The molecule has 1 amide bonds. The van der Waals surface area contributed by atoms with Gasteiger partial charge in [-0.15, -0.1) is 10.2 Å². The van der Waals surface area contributed by atoms with Crippen molar-refractivity contribution in [2.75, 3.05) is 5.32 Å². The van der Waals surface area contributed by atoms with Crippen LogP contribution in [0.15, 0.2) is 40.6 Å². The van der Waals surface area contributed by atoms with Crippen molar-refractivity contribution < 1.29 is 4.79 Å². The molecule has 19 heavy (non-hydrogen) atoms. The summed E-state index contributed by atoms with van der Waals surface area (Å²) in [6.07, 6.45) is 3.07. The second-order valence-corrected chi connectivity index (χ2v) is 5.19. The number of nitrogens with one attached hydrogen (secondary N) is 1. The van der Waals surface area contributed by atoms with Gasteiger partial charge >= 0.3 is 0 Å². The maximum atomic E-state index is 11.5. The van der Waals surface area contributed by atoms with E-state index < -0.39 is 0 Å². The van der Waals surface area contributed by atoms with Gasteiger partial charge in [-0.2, -0.15) is 0 Å². The molecule has 1 N–H and O–H groups in total. The van der Waals surface area contributed by atoms with E-state index >= 15 is 0 Å². The number of aromatic nitrogens is 3. The molecule has 0 unspecified atom stereocenters. The smallest absolute Gasteiger partial charge is 0.224 e. The van der Waals surface area contributed by atoms with Crippen LogP contribution in [-0.2, 0) is 11.8 Å². The van der Waals surface area contributed by atoms with Crippen molar-refractivity contribution in [2.24, 2.45) is 7.05 Å². The second-order valence-electron chi connectivity index (χ2n) is 4.15. The van der Waals surface area contributed by atoms with Crippen molar-refractivity contribution in [1.29, 1.82) is 0 Å². The predicted octanol–water partition coefficient (Wildman–Crippen LogP) is 2.70. The summed E-state index contributed by atoms with van der Waals surface area (Å²) in [5, 5.41) is 11.5. The molecule has 0 saturated carbocycles. The third-order valence-electron chi connectivity index (χ3n) is 2.49. The Bertz CT molecular complexity index is 550. The molecule has 0 aliphatic heterocycles. The van der Waals surface area contributed by atoms with E-state index in [0.717, 1.165) is 22.2 Å². The Kier molecular flexibility index (Phi) is 4.57. The van der Waals surface area contributed by atoms with Gasteiger partial charge in [0.1, 0.15) is 6.33 Å². The fourth-order valence-corrected chi connectivity index (χ4v) is 2.29. The Hall–Kier alpha value is -1.82. The van der Waals surface area contributed by atoms with E-state index in [2.05, 4.69) is 15.5 Å². The van der Waals surface area contributed by atoms with Gasteiger partial charge in [0, 0.05) is 24.1 Å². The third-order valence-corrected chi connectivity index (χ3v) is 3.55. The van der Waals surface area contributed by atoms with E-state index in [1.165, 1.54) is 11.8 Å². The average molecular weight is 276 g/mol. The van der Waals surface area contributed by atoms with Crippen LogP contribution in [0.4, 0.5) is 5.69 Å². The highest BCUT2D eigenvalue weighted by Gasteiger charge is 2.04. The number of hydrogen-bond acceptors (Lipinski definition) is 4. The van der Waals surface area contributed by atoms with Gasteiger partial charge in [-0.1, -0.05) is 6.92 Å². The fraction of sp³-hybridized carbons (Fsp3) is 0.308. The predicted molar refractivity (Wildman–Crippen MR) is 75.1 cm³/mol. The van der Waals surface area contributed by atoms with Crippen molar-refractivity contribution in [1.82, 2.24) is 14.8 Å². The second kappa shape index (κ2) is 6.38. The van der Waals surface area contributed by atoms with Gasteiger partial charge in [0.25, 0.3) is 0 Å². The molecule has 0 fully saturated rings. The number of benzene rings is 1. The van der Waals surface area contributed by atoms with Crippen LogP contribution >= 0.6 is 11.8 Å². The highest BCUT2D eigenvalue weighted by Crippen LogP contribution is 2.26. The molecule has 0 spiro atoms. The summed E-state index contributed by atoms with van der Waals surface area (Å²) in [6.45, 7) is 1.99. The average Bonchev–Trinajstić information content (AvgIpc) is 2.78. The van der Waals surface area contributed by atoms with Crippen LogP contribution in [0.25, 0.3) is 0 Å². The molecule has 0 radical (unpaired) electrons. The first-order valence-electron chi connectivity index (χ1n) is 6.11. The normalized spacial score (nSPS) is 10.4. The zero-order chi connectivity index (χ0) is 13.7. The molecule has 1 aromatic carbocycles. The van der Waals surface area contributed by atoms with Crippen LogP contribution < -0.4 is 5.32 Å². The van der Waals surface area contributed by atoms with Gasteiger partial charge in [-0.05, 0) is 42.4 Å². The summed E-state index contributed by atoms with van der Waals surface area (Å²) in [6, 6.07) is 7.71. The zero-order valence-electron chi connectivity index (χ0n) is 11.0. The first kappa shape index (κ1) is 13.6. The molecule has 0 bridgehead atoms. The molecule has 0 aliphatic rings. The molecule has 1 aromatic heterocycles. The van der Waals surface area contributed by atoms with Crippen LogP contribution in [-0.4, -0.2) is 20.7 Å². The molecule has 5 nitrogen and oxygen atoms in total. The van der Waals surface area contributed by atoms with Gasteiger partial charge in [0.2, 0.25) is 5.91 Å². The lowest BCUT2D eigenvalue weighted by molar-refractivity contribution is -0.116. The number of hydrogen-bond donors (Lipinski definition) is 1. The Morgan fingerprint density at radius 1 is 1.37 bits per heavy atom. The topological polar surface area (TPSA) is 59.8 Å². The molecule has 0 aliphatic carbocycles. The van der Waals surface area contributed by atoms with Gasteiger partial charge in [-0.25, -0.2) is 0 Å². The summed E-state index contributed by atoms with van der Waals surface area (Å²) in [5.74, 6) is 0.0520. The van der Waals surface area contributed by atoms with Crippen molar-refractivity contribution in [3.63, 3.8) is 0 Å². The maximum absolute atomic E-state index is 11.5. The SMILES string of the molecule is CCCC(=O)Nc1ccc(Sc2nncn2C)cc1. The van der Waals surface area contributed by atoms with Crippen LogP contribution in [0.2, 0.25) is 0 Å². The molecule has 2 rings (SSSR count). The van der Waals surface area contributed by atoms with Crippen LogP contribution in [0.1, 0.15) is 19.8 Å². The molecule has 0 atom stereocenters. The summed E-state index contributed by atoms with van der Waals surface area (Å²) in [4.78, 5) is 12.5. The third kappa shape index (κ3) is 3.82. The summed E-state index contributed by atoms with van der Waals surface area (Å²) in [7, 11) is 1.90. The van der Waals surface area contributed by atoms with Crippen LogP contribution in [0, 0.1) is 0 Å². The standard InChI is InChI=1S/C13H16N4OS/c1-3-4-12(18)15-10-5-7-11(8-6-10)19-13-16-14-9-17(13)2/h5-9H,3-4H2,1-2H3,(H,15,18). The Balaban J connectivity index is 1.98. The molecule has 2 aromatic rings. The van der Waals surface area contributed by atoms with E-state index in [9.17, 15) is 4.79 Å². The molecular formula is C13H16N4OS. The van der Waals surface area contributed by atoms with Crippen LogP contribution in [0.3, 0.4) is 0 Å². The maximum Gasteiger partial charge on any atom is 0.224 e. The number of carbonyl (C=O) groups is 1. The summed E-state index contributed by atoms with van der Waals surface area (Å²) in [5.41, 5.74) is 0.820. The lowest BCUT2D eigenvalue weighted by Crippen LogP contribution is -2.10. The Morgan fingerprint density at radius 3 is 2.68 bits per heavy atom. The molecule has 0 saturated heterocycles. The molecule has 1 heterocycles. The van der Waals surface area contributed by atoms with Crippen molar-refractivity contribution >= 4 is 23.4 Å². The van der Waals surface area contributed by atoms with Gasteiger partial charge < -0.3 is 9.88 Å². The quantitative estimate of drug-likeness (QED) is 0.912. The number of carbonyl (C=O) groups excluding carboxylic acids is 1. The van der Waals surface area contributed by atoms with Crippen molar-refractivity contribution in [3.05, 3.63) is 30.6 Å². The minimum Gasteiger partial charge on any atom is -0.326 e. The first-order chi connectivity index (χ1) is 9.19. The summed E-state index contributed by atoms with van der Waals surface area (Å²) < 4.78 is 1.86. The number of anilines is 1. The fourth-order valence-electron chi connectivity index (χ4n) is 1.53. The van der Waals surface area contributed by atoms with Crippen molar-refractivity contribution in [2.45, 2.75) is 29.8 Å². The summed E-state index contributed by atoms with van der Waals surface area (Å²) >= 11 is 1.54. The van der Waals surface area contributed by atoms with Gasteiger partial charge in [0.15, 0.2) is 5.16 Å². The van der Waals surface area contributed by atoms with E-state index in [4.69, 9.17) is 0 Å². The molecule has 6 heteroatoms. The van der Waals surface area contributed by atoms with Crippen molar-refractivity contribution in [3.8, 4) is 0 Å². The number of aryl methyl sites for hydroxylation is 1. The molecular weight excluding hydrogens is 260 g/mol. The zero-order valence-corrected chi connectivity index (χ0v) is 11.8. The number of amides is 1. The lowest BCUT2D eigenvalue weighted by atomic mass is 10.3. The molecule has 100 valence electrons. The van der Waals surface area contributed by atoms with E-state index in [1.807, 2.05) is 42.8 Å².